The van der Waals surface area contributed by atoms with Gasteiger partial charge in [0.05, 0.1) is 4.88 Å². The van der Waals surface area contributed by atoms with Crippen LogP contribution in [0.5, 0.6) is 0 Å². The number of thiophene rings is 1. The van der Waals surface area contributed by atoms with Crippen molar-refractivity contribution in [3.8, 4) is 0 Å². The van der Waals surface area contributed by atoms with E-state index in [1.54, 1.807) is 0 Å². The van der Waals surface area contributed by atoms with Gasteiger partial charge < -0.3 is 14.7 Å². The largest absolute Gasteiger partial charge is 0.353 e. The number of amides is 1. The van der Waals surface area contributed by atoms with E-state index in [2.05, 4.69) is 30.7 Å². The minimum atomic E-state index is 0.122. The molecule has 0 aliphatic carbocycles. The van der Waals surface area contributed by atoms with Crippen molar-refractivity contribution in [2.24, 2.45) is 0 Å². The second-order valence-electron chi connectivity index (χ2n) is 6.67. The molecule has 8 heteroatoms. The molecule has 138 valence electrons. The van der Waals surface area contributed by atoms with E-state index in [4.69, 9.17) is 4.98 Å². The fourth-order valence-corrected chi connectivity index (χ4v) is 4.87. The summed E-state index contributed by atoms with van der Waals surface area (Å²) in [6.45, 7) is 5.13. The predicted octanol–water partition coefficient (Wildman–Crippen LogP) is 3.25. The fraction of sp³-hybridized carbons (Fsp3) is 0.500. The number of hydrogen-bond acceptors (Lipinski definition) is 6. The monoisotopic (exact) mass is 435 g/mol. The number of anilines is 2. The third kappa shape index (κ3) is 3.86. The zero-order valence-electron chi connectivity index (χ0n) is 14.6. The van der Waals surface area contributed by atoms with Gasteiger partial charge in [-0.2, -0.15) is 4.98 Å². The van der Waals surface area contributed by atoms with Crippen molar-refractivity contribution < 1.29 is 4.79 Å². The van der Waals surface area contributed by atoms with Gasteiger partial charge in [-0.1, -0.05) is 0 Å². The maximum absolute atomic E-state index is 12.6. The fourth-order valence-electron chi connectivity index (χ4n) is 3.48. The number of carbonyl (C=O) groups is 1. The topological polar surface area (TPSA) is 52.6 Å². The normalized spacial score (nSPS) is 18.3. The molecule has 0 bridgehead atoms. The van der Waals surface area contributed by atoms with Crippen LogP contribution in [0.4, 0.5) is 11.8 Å². The summed E-state index contributed by atoms with van der Waals surface area (Å²) in [5.74, 6) is 1.92. The second kappa shape index (κ2) is 7.92. The average Bonchev–Trinajstić information content (AvgIpc) is 3.15. The maximum atomic E-state index is 12.6. The van der Waals surface area contributed by atoms with E-state index in [1.165, 1.54) is 30.6 Å². The van der Waals surface area contributed by atoms with Gasteiger partial charge in [-0.05, 0) is 47.3 Å². The number of halogens is 1. The van der Waals surface area contributed by atoms with Gasteiger partial charge in [-0.3, -0.25) is 4.79 Å². The Morgan fingerprint density at radius 1 is 1.04 bits per heavy atom. The number of nitrogens with zero attached hydrogens (tertiary/aromatic N) is 5. The van der Waals surface area contributed by atoms with Gasteiger partial charge >= 0.3 is 0 Å². The Labute approximate surface area is 166 Å². The van der Waals surface area contributed by atoms with Gasteiger partial charge in [0.15, 0.2) is 0 Å². The molecular weight excluding hydrogens is 414 g/mol. The molecule has 1 amide bonds. The van der Waals surface area contributed by atoms with Crippen LogP contribution in [-0.4, -0.2) is 60.0 Å². The summed E-state index contributed by atoms with van der Waals surface area (Å²) < 4.78 is 0.968. The standard InChI is InChI=1S/C18H22BrN5OS/c19-14-12-15(26-13-14)17(25)23-10-8-22(9-11-23)16-4-5-20-18(21-16)24-6-2-1-3-7-24/h4-5,12-13H,1-3,6-11H2. The van der Waals surface area contributed by atoms with Crippen LogP contribution in [0.25, 0.3) is 0 Å². The summed E-state index contributed by atoms with van der Waals surface area (Å²) in [7, 11) is 0. The first-order chi connectivity index (χ1) is 12.7. The molecule has 2 aliphatic rings. The van der Waals surface area contributed by atoms with Gasteiger partial charge in [0.25, 0.3) is 5.91 Å². The van der Waals surface area contributed by atoms with Crippen LogP contribution >= 0.6 is 27.3 Å². The van der Waals surface area contributed by atoms with Crippen LogP contribution in [0, 0.1) is 0 Å². The molecule has 4 heterocycles. The Morgan fingerprint density at radius 3 is 2.50 bits per heavy atom. The Hall–Kier alpha value is -1.67. The summed E-state index contributed by atoms with van der Waals surface area (Å²) in [4.78, 5) is 29.1. The molecular formula is C18H22BrN5OS. The Balaban J connectivity index is 1.39. The number of piperazine rings is 1. The third-order valence-corrected chi connectivity index (χ3v) is 6.62. The van der Waals surface area contributed by atoms with Crippen molar-refractivity contribution in [1.82, 2.24) is 14.9 Å². The average molecular weight is 436 g/mol. The summed E-state index contributed by atoms with van der Waals surface area (Å²) in [5, 5.41) is 1.95. The summed E-state index contributed by atoms with van der Waals surface area (Å²) in [6.07, 6.45) is 5.58. The molecule has 0 aromatic carbocycles. The van der Waals surface area contributed by atoms with Crippen molar-refractivity contribution in [2.45, 2.75) is 19.3 Å². The maximum Gasteiger partial charge on any atom is 0.264 e. The van der Waals surface area contributed by atoms with E-state index in [-0.39, 0.29) is 5.91 Å². The molecule has 2 aromatic heterocycles. The van der Waals surface area contributed by atoms with Crippen LogP contribution in [-0.2, 0) is 0 Å². The molecule has 0 unspecified atom stereocenters. The van der Waals surface area contributed by atoms with E-state index < -0.39 is 0 Å². The van der Waals surface area contributed by atoms with Crippen molar-refractivity contribution in [1.29, 1.82) is 0 Å². The first kappa shape index (κ1) is 17.7. The highest BCUT2D eigenvalue weighted by molar-refractivity contribution is 9.10. The zero-order chi connectivity index (χ0) is 17.9. The lowest BCUT2D eigenvalue weighted by molar-refractivity contribution is 0.0751. The Kier molecular flexibility index (Phi) is 5.40. The minimum absolute atomic E-state index is 0.122. The van der Waals surface area contributed by atoms with Gasteiger partial charge in [0, 0.05) is 55.3 Å². The quantitative estimate of drug-likeness (QED) is 0.740. The molecule has 2 aromatic rings. The molecule has 4 rings (SSSR count). The molecule has 0 radical (unpaired) electrons. The van der Waals surface area contributed by atoms with E-state index in [0.29, 0.717) is 0 Å². The van der Waals surface area contributed by atoms with E-state index in [0.717, 1.165) is 60.4 Å². The van der Waals surface area contributed by atoms with Crippen molar-refractivity contribution >= 4 is 44.9 Å². The van der Waals surface area contributed by atoms with Crippen LogP contribution < -0.4 is 9.80 Å². The van der Waals surface area contributed by atoms with Gasteiger partial charge in [0.1, 0.15) is 5.82 Å². The second-order valence-corrected chi connectivity index (χ2v) is 8.50. The van der Waals surface area contributed by atoms with Crippen LogP contribution in [0.1, 0.15) is 28.9 Å². The van der Waals surface area contributed by atoms with Gasteiger partial charge in [0.2, 0.25) is 5.95 Å². The molecule has 2 aliphatic heterocycles. The molecule has 0 N–H and O–H groups in total. The van der Waals surface area contributed by atoms with Crippen LogP contribution in [0.2, 0.25) is 0 Å². The molecule has 26 heavy (non-hydrogen) atoms. The summed E-state index contributed by atoms with van der Waals surface area (Å²) >= 11 is 4.91. The highest BCUT2D eigenvalue weighted by Crippen LogP contribution is 2.23. The van der Waals surface area contributed by atoms with Crippen LogP contribution in [0.15, 0.2) is 28.2 Å². The van der Waals surface area contributed by atoms with E-state index >= 15 is 0 Å². The Bertz CT molecular complexity index is 768. The molecule has 0 spiro atoms. The molecule has 2 saturated heterocycles. The highest BCUT2D eigenvalue weighted by atomic mass is 79.9. The van der Waals surface area contributed by atoms with E-state index in [1.807, 2.05) is 28.6 Å². The first-order valence-corrected chi connectivity index (χ1v) is 10.7. The molecule has 2 fully saturated rings. The highest BCUT2D eigenvalue weighted by Gasteiger charge is 2.24. The number of hydrogen-bond donors (Lipinski definition) is 0. The number of aromatic nitrogens is 2. The molecule has 6 nitrogen and oxygen atoms in total. The lowest BCUT2D eigenvalue weighted by Crippen LogP contribution is -2.49. The van der Waals surface area contributed by atoms with Crippen molar-refractivity contribution in [3.05, 3.63) is 33.1 Å². The van der Waals surface area contributed by atoms with Crippen LogP contribution in [0.3, 0.4) is 0 Å². The SMILES string of the molecule is O=C(c1cc(Br)cs1)N1CCN(c2ccnc(N3CCCCC3)n2)CC1. The van der Waals surface area contributed by atoms with E-state index in [9.17, 15) is 4.79 Å². The zero-order valence-corrected chi connectivity index (χ0v) is 17.0. The molecule has 0 saturated carbocycles. The van der Waals surface area contributed by atoms with Crippen molar-refractivity contribution in [3.63, 3.8) is 0 Å². The third-order valence-electron chi connectivity index (χ3n) is 4.94. The minimum Gasteiger partial charge on any atom is -0.353 e. The first-order valence-electron chi connectivity index (χ1n) is 9.07. The Morgan fingerprint density at radius 2 is 1.81 bits per heavy atom. The molecule has 0 atom stereocenters. The predicted molar refractivity (Wildman–Crippen MR) is 108 cm³/mol. The van der Waals surface area contributed by atoms with Gasteiger partial charge in [-0.25, -0.2) is 4.98 Å². The number of carbonyl (C=O) groups excluding carboxylic acids is 1. The summed E-state index contributed by atoms with van der Waals surface area (Å²) in [5.41, 5.74) is 0. The lowest BCUT2D eigenvalue weighted by atomic mass is 10.1. The van der Waals surface area contributed by atoms with Crippen molar-refractivity contribution in [2.75, 3.05) is 49.1 Å². The summed E-state index contributed by atoms with van der Waals surface area (Å²) in [6, 6.07) is 3.87. The number of rotatable bonds is 3. The smallest absolute Gasteiger partial charge is 0.264 e. The lowest BCUT2D eigenvalue weighted by Gasteiger charge is -2.35. The number of piperidine rings is 1. The van der Waals surface area contributed by atoms with Gasteiger partial charge in [-0.15, -0.1) is 11.3 Å².